The number of fused-ring (bicyclic) bond motifs is 8. The Hall–Kier alpha value is -4.96. The van der Waals surface area contributed by atoms with Gasteiger partial charge < -0.3 is 4.90 Å². The number of hydrogen-bond acceptors (Lipinski definition) is 3. The highest BCUT2D eigenvalue weighted by atomic mass is 32.1. The van der Waals surface area contributed by atoms with Gasteiger partial charge in [0.1, 0.15) is 0 Å². The fourth-order valence-electron chi connectivity index (χ4n) is 8.06. The lowest BCUT2D eigenvalue weighted by atomic mass is 9.62. The molecule has 1 aliphatic carbocycles. The number of benzene rings is 6. The topological polar surface area (TPSA) is 3.24 Å². The molecule has 46 heavy (non-hydrogen) atoms. The van der Waals surface area contributed by atoms with Crippen LogP contribution >= 0.6 is 22.7 Å². The number of thiophene rings is 2. The van der Waals surface area contributed by atoms with Crippen molar-refractivity contribution < 1.29 is 0 Å². The van der Waals surface area contributed by atoms with Crippen molar-refractivity contribution in [3.63, 3.8) is 0 Å². The van der Waals surface area contributed by atoms with E-state index in [1.54, 1.807) is 0 Å². The van der Waals surface area contributed by atoms with E-state index >= 15 is 0 Å². The maximum Gasteiger partial charge on any atom is 0.0742 e. The van der Waals surface area contributed by atoms with Gasteiger partial charge in [-0.25, -0.2) is 0 Å². The zero-order valence-corrected chi connectivity index (χ0v) is 26.7. The molecule has 1 aliphatic heterocycles. The fourth-order valence-corrected chi connectivity index (χ4v) is 10.3. The van der Waals surface area contributed by atoms with E-state index in [-0.39, 0.29) is 0 Å². The van der Waals surface area contributed by atoms with Crippen LogP contribution in [0.5, 0.6) is 0 Å². The van der Waals surface area contributed by atoms with E-state index in [2.05, 4.69) is 157 Å². The molecule has 10 rings (SSSR count). The summed E-state index contributed by atoms with van der Waals surface area (Å²) < 4.78 is 4.04. The maximum absolute atomic E-state index is 2.53. The summed E-state index contributed by atoms with van der Waals surface area (Å²) >= 11 is 3.82. The number of aryl methyl sites for hydroxylation is 1. The maximum atomic E-state index is 2.53. The number of para-hydroxylation sites is 3. The van der Waals surface area contributed by atoms with Crippen LogP contribution in [0.2, 0.25) is 0 Å². The van der Waals surface area contributed by atoms with Crippen molar-refractivity contribution in [2.45, 2.75) is 18.3 Å². The number of hydrogen-bond donors (Lipinski definition) is 0. The fraction of sp³-hybridized carbons (Fsp3) is 0.0698. The van der Waals surface area contributed by atoms with Crippen molar-refractivity contribution >= 4 is 76.1 Å². The number of allylic oxidation sites excluding steroid dienone is 1. The van der Waals surface area contributed by atoms with E-state index in [0.29, 0.717) is 0 Å². The Balaban J connectivity index is 1.36. The molecule has 0 bridgehead atoms. The van der Waals surface area contributed by atoms with Gasteiger partial charge in [-0.3, -0.25) is 0 Å². The second-order valence-corrected chi connectivity index (χ2v) is 14.5. The van der Waals surface area contributed by atoms with Crippen LogP contribution in [0.1, 0.15) is 39.1 Å². The molecular weight excluding hydrogens is 595 g/mol. The zero-order chi connectivity index (χ0) is 30.2. The summed E-state index contributed by atoms with van der Waals surface area (Å²) in [6.07, 6.45) is 6.86. The third-order valence-corrected chi connectivity index (χ3v) is 12.3. The smallest absolute Gasteiger partial charge is 0.0742 e. The molecule has 1 nitrogen and oxygen atoms in total. The summed E-state index contributed by atoms with van der Waals surface area (Å²) in [6, 6.07) is 52.4. The number of nitrogens with zero attached hydrogens (tertiary/aromatic N) is 1. The Morgan fingerprint density at radius 2 is 1.13 bits per heavy atom. The predicted octanol–water partition coefficient (Wildman–Crippen LogP) is 12.4. The second-order valence-electron chi connectivity index (χ2n) is 12.4. The number of anilines is 3. The highest BCUT2D eigenvalue weighted by Gasteiger charge is 2.46. The van der Waals surface area contributed by atoms with E-state index < -0.39 is 5.41 Å². The average molecular weight is 624 g/mol. The molecule has 3 heterocycles. The van der Waals surface area contributed by atoms with Crippen LogP contribution in [-0.2, 0) is 11.8 Å². The molecule has 218 valence electrons. The van der Waals surface area contributed by atoms with Crippen LogP contribution < -0.4 is 4.90 Å². The molecule has 0 atom stereocenters. The molecule has 0 N–H and O–H groups in total. The first-order chi connectivity index (χ1) is 22.8. The Morgan fingerprint density at radius 1 is 0.522 bits per heavy atom. The van der Waals surface area contributed by atoms with Gasteiger partial charge >= 0.3 is 0 Å². The minimum absolute atomic E-state index is 0.525. The summed E-state index contributed by atoms with van der Waals surface area (Å²) in [5.41, 5.74) is 9.83. The monoisotopic (exact) mass is 623 g/mol. The van der Waals surface area contributed by atoms with E-state index in [0.717, 1.165) is 12.8 Å². The van der Waals surface area contributed by atoms with Gasteiger partial charge in [-0.15, -0.1) is 22.7 Å². The van der Waals surface area contributed by atoms with Crippen molar-refractivity contribution in [1.82, 2.24) is 0 Å². The molecule has 2 aliphatic rings. The minimum atomic E-state index is -0.525. The van der Waals surface area contributed by atoms with Gasteiger partial charge in [0.2, 0.25) is 0 Å². The van der Waals surface area contributed by atoms with Crippen LogP contribution in [0.25, 0.3) is 36.3 Å². The van der Waals surface area contributed by atoms with Gasteiger partial charge in [-0.1, -0.05) is 91.0 Å². The van der Waals surface area contributed by atoms with Crippen LogP contribution in [0.4, 0.5) is 17.1 Å². The number of rotatable bonds is 3. The van der Waals surface area contributed by atoms with Gasteiger partial charge in [-0.2, -0.15) is 0 Å². The van der Waals surface area contributed by atoms with Crippen molar-refractivity contribution in [2.75, 3.05) is 4.90 Å². The Bertz CT molecular complexity index is 2450. The van der Waals surface area contributed by atoms with Crippen molar-refractivity contribution in [2.24, 2.45) is 0 Å². The van der Waals surface area contributed by atoms with Crippen LogP contribution in [-0.4, -0.2) is 0 Å². The van der Waals surface area contributed by atoms with Gasteiger partial charge in [0, 0.05) is 35.4 Å². The molecule has 0 saturated heterocycles. The highest BCUT2D eigenvalue weighted by molar-refractivity contribution is 7.25. The van der Waals surface area contributed by atoms with E-state index in [9.17, 15) is 0 Å². The minimum Gasteiger partial charge on any atom is -0.310 e. The second kappa shape index (κ2) is 10.0. The van der Waals surface area contributed by atoms with Crippen molar-refractivity contribution in [1.29, 1.82) is 0 Å². The molecule has 0 saturated carbocycles. The molecule has 0 unspecified atom stereocenters. The van der Waals surface area contributed by atoms with Crippen LogP contribution in [0.15, 0.2) is 146 Å². The van der Waals surface area contributed by atoms with E-state index in [1.807, 2.05) is 22.7 Å². The molecule has 3 heteroatoms. The largest absolute Gasteiger partial charge is 0.310 e. The van der Waals surface area contributed by atoms with Gasteiger partial charge in [0.25, 0.3) is 0 Å². The molecule has 8 aromatic rings. The van der Waals surface area contributed by atoms with E-state index in [1.165, 1.54) is 80.0 Å². The summed E-state index contributed by atoms with van der Waals surface area (Å²) in [6.45, 7) is 0. The Labute approximate surface area is 276 Å². The van der Waals surface area contributed by atoms with E-state index in [4.69, 9.17) is 0 Å². The molecule has 2 aromatic heterocycles. The molecule has 0 spiro atoms. The Morgan fingerprint density at radius 3 is 1.89 bits per heavy atom. The first-order valence-electron chi connectivity index (χ1n) is 16.0. The lowest BCUT2D eigenvalue weighted by Gasteiger charge is -2.46. The highest BCUT2D eigenvalue weighted by Crippen LogP contribution is 2.58. The van der Waals surface area contributed by atoms with Crippen LogP contribution in [0, 0.1) is 0 Å². The molecule has 6 aromatic carbocycles. The normalized spacial score (nSPS) is 14.8. The first-order valence-corrected chi connectivity index (χ1v) is 17.6. The quantitative estimate of drug-likeness (QED) is 0.189. The summed E-state index contributed by atoms with van der Waals surface area (Å²) in [7, 11) is 0. The standard InChI is InChI=1S/C43H29NS2/c1-2-12-30(13-3-1)44-37-18-8-6-16-35(37)43(36-17-7-9-19-38(36)44,28-22-24-41-33(26-28)31-14-4-10-20-39(31)45-41)29-23-25-42-34(27-29)32-15-5-11-21-40(32)46-42/h1-4,6-14,16-27H,5,15H2. The molecule has 0 radical (unpaired) electrons. The SMILES string of the molecule is C1=Cc2sc3ccc(C4(c5ccc6sc7ccccc7c6c5)c5ccccc5N(c5ccccc5)c5ccccc54)cc3c2CC1. The third-order valence-electron chi connectivity index (χ3n) is 10.0. The lowest BCUT2D eigenvalue weighted by Crippen LogP contribution is -2.37. The molecular formula is C43H29NS2. The van der Waals surface area contributed by atoms with Gasteiger partial charge in [-0.05, 0) is 107 Å². The first kappa shape index (κ1) is 26.3. The summed E-state index contributed by atoms with van der Waals surface area (Å²) in [5, 5.41) is 4.07. The summed E-state index contributed by atoms with van der Waals surface area (Å²) in [5.74, 6) is 0. The van der Waals surface area contributed by atoms with Crippen molar-refractivity contribution in [3.8, 4) is 0 Å². The predicted molar refractivity (Wildman–Crippen MR) is 199 cm³/mol. The van der Waals surface area contributed by atoms with Crippen molar-refractivity contribution in [3.05, 3.63) is 178 Å². The molecule has 0 amide bonds. The third kappa shape index (κ3) is 3.61. The Kier molecular flexibility index (Phi) is 5.72. The summed E-state index contributed by atoms with van der Waals surface area (Å²) in [4.78, 5) is 3.87. The molecule has 0 fully saturated rings. The zero-order valence-electron chi connectivity index (χ0n) is 25.1. The average Bonchev–Trinajstić information content (AvgIpc) is 3.69. The van der Waals surface area contributed by atoms with Crippen LogP contribution in [0.3, 0.4) is 0 Å². The van der Waals surface area contributed by atoms with Gasteiger partial charge in [0.15, 0.2) is 0 Å². The van der Waals surface area contributed by atoms with Gasteiger partial charge in [0.05, 0.1) is 16.8 Å². The lowest BCUT2D eigenvalue weighted by molar-refractivity contribution is 0.733.